The van der Waals surface area contributed by atoms with Gasteiger partial charge in [0.25, 0.3) is 5.91 Å². The summed E-state index contributed by atoms with van der Waals surface area (Å²) in [6.07, 6.45) is 4.70. The summed E-state index contributed by atoms with van der Waals surface area (Å²) in [6, 6.07) is 13.1. The topological polar surface area (TPSA) is 88.9 Å². The van der Waals surface area contributed by atoms with E-state index in [1.807, 2.05) is 37.3 Å². The highest BCUT2D eigenvalue weighted by atomic mass is 16.2. The van der Waals surface area contributed by atoms with Gasteiger partial charge in [-0.05, 0) is 24.6 Å². The third-order valence-electron chi connectivity index (χ3n) is 3.80. The number of pyridine rings is 1. The fraction of sp³-hybridized carbons (Fsp3) is 0.158. The maximum atomic E-state index is 12.4. The van der Waals surface area contributed by atoms with E-state index in [0.717, 1.165) is 5.56 Å². The highest BCUT2D eigenvalue weighted by Gasteiger charge is 2.14. The fourth-order valence-electron chi connectivity index (χ4n) is 2.48. The SMILES string of the molecule is CC(=O)Nc1ccc(-n2cnc(C(=O)N[C@@H](C)c3ccccc3)c2)nc1. The van der Waals surface area contributed by atoms with E-state index in [1.54, 1.807) is 29.1 Å². The van der Waals surface area contributed by atoms with Crippen molar-refractivity contribution in [1.82, 2.24) is 19.9 Å². The number of carbonyl (C=O) groups excluding carboxylic acids is 2. The van der Waals surface area contributed by atoms with Crippen LogP contribution < -0.4 is 10.6 Å². The minimum absolute atomic E-state index is 0.121. The summed E-state index contributed by atoms with van der Waals surface area (Å²) in [5.74, 6) is 0.186. The predicted octanol–water partition coefficient (Wildman–Crippen LogP) is 2.72. The van der Waals surface area contributed by atoms with Crippen molar-refractivity contribution in [3.05, 3.63) is 72.4 Å². The van der Waals surface area contributed by atoms with Crippen molar-refractivity contribution in [3.8, 4) is 5.82 Å². The van der Waals surface area contributed by atoms with E-state index in [4.69, 9.17) is 0 Å². The van der Waals surface area contributed by atoms with Crippen molar-refractivity contribution in [2.24, 2.45) is 0 Å². The molecule has 1 atom stereocenters. The molecule has 132 valence electrons. The van der Waals surface area contributed by atoms with Crippen molar-refractivity contribution >= 4 is 17.5 Å². The van der Waals surface area contributed by atoms with Gasteiger partial charge in [-0.2, -0.15) is 0 Å². The van der Waals surface area contributed by atoms with Crippen LogP contribution in [0.4, 0.5) is 5.69 Å². The Balaban J connectivity index is 1.69. The van der Waals surface area contributed by atoms with Gasteiger partial charge in [-0.3, -0.25) is 14.2 Å². The first kappa shape index (κ1) is 17.3. The maximum absolute atomic E-state index is 12.4. The molecule has 0 saturated heterocycles. The summed E-state index contributed by atoms with van der Waals surface area (Å²) >= 11 is 0. The second-order valence-corrected chi connectivity index (χ2v) is 5.86. The second-order valence-electron chi connectivity index (χ2n) is 5.86. The zero-order chi connectivity index (χ0) is 18.5. The number of hydrogen-bond donors (Lipinski definition) is 2. The number of nitrogens with zero attached hydrogens (tertiary/aromatic N) is 3. The largest absolute Gasteiger partial charge is 0.344 e. The van der Waals surface area contributed by atoms with Crippen LogP contribution in [-0.2, 0) is 4.79 Å². The van der Waals surface area contributed by atoms with Gasteiger partial charge in [-0.15, -0.1) is 0 Å². The molecule has 1 aromatic carbocycles. The summed E-state index contributed by atoms with van der Waals surface area (Å²) in [5.41, 5.74) is 1.94. The van der Waals surface area contributed by atoms with Crippen LogP contribution in [0, 0.1) is 0 Å². The third kappa shape index (κ3) is 4.13. The quantitative estimate of drug-likeness (QED) is 0.741. The van der Waals surface area contributed by atoms with Gasteiger partial charge in [-0.1, -0.05) is 30.3 Å². The van der Waals surface area contributed by atoms with Crippen LogP contribution >= 0.6 is 0 Å². The summed E-state index contributed by atoms with van der Waals surface area (Å²) in [5, 5.41) is 5.58. The van der Waals surface area contributed by atoms with Gasteiger partial charge in [0.1, 0.15) is 17.8 Å². The Morgan fingerprint density at radius 2 is 1.85 bits per heavy atom. The zero-order valence-electron chi connectivity index (χ0n) is 14.5. The van der Waals surface area contributed by atoms with E-state index in [1.165, 1.54) is 13.3 Å². The van der Waals surface area contributed by atoms with Crippen molar-refractivity contribution in [3.63, 3.8) is 0 Å². The van der Waals surface area contributed by atoms with Gasteiger partial charge in [0.05, 0.1) is 17.9 Å². The highest BCUT2D eigenvalue weighted by Crippen LogP contribution is 2.13. The second kappa shape index (κ2) is 7.60. The Morgan fingerprint density at radius 1 is 1.08 bits per heavy atom. The van der Waals surface area contributed by atoms with Crippen molar-refractivity contribution in [2.75, 3.05) is 5.32 Å². The Hall–Kier alpha value is -3.48. The number of amides is 2. The van der Waals surface area contributed by atoms with E-state index in [2.05, 4.69) is 20.6 Å². The van der Waals surface area contributed by atoms with Crippen molar-refractivity contribution in [2.45, 2.75) is 19.9 Å². The molecule has 0 unspecified atom stereocenters. The molecule has 0 aliphatic carbocycles. The molecule has 2 heterocycles. The number of anilines is 1. The molecule has 7 nitrogen and oxygen atoms in total. The van der Waals surface area contributed by atoms with Gasteiger partial charge < -0.3 is 10.6 Å². The first-order valence-corrected chi connectivity index (χ1v) is 8.17. The molecule has 3 rings (SSSR count). The van der Waals surface area contributed by atoms with Gasteiger partial charge in [-0.25, -0.2) is 9.97 Å². The minimum atomic E-state index is -0.255. The minimum Gasteiger partial charge on any atom is -0.344 e. The van der Waals surface area contributed by atoms with Gasteiger partial charge >= 0.3 is 0 Å². The molecule has 2 amide bonds. The zero-order valence-corrected chi connectivity index (χ0v) is 14.5. The Labute approximate surface area is 151 Å². The number of rotatable bonds is 5. The van der Waals surface area contributed by atoms with Crippen LogP contribution in [0.2, 0.25) is 0 Å². The molecule has 0 bridgehead atoms. The summed E-state index contributed by atoms with van der Waals surface area (Å²) in [6.45, 7) is 3.36. The third-order valence-corrected chi connectivity index (χ3v) is 3.80. The van der Waals surface area contributed by atoms with Gasteiger partial charge in [0.15, 0.2) is 0 Å². The summed E-state index contributed by atoms with van der Waals surface area (Å²) < 4.78 is 1.65. The molecular formula is C19H19N5O2. The maximum Gasteiger partial charge on any atom is 0.271 e. The average Bonchev–Trinajstić information content (AvgIpc) is 3.13. The van der Waals surface area contributed by atoms with Crippen LogP contribution in [0.25, 0.3) is 5.82 Å². The summed E-state index contributed by atoms with van der Waals surface area (Å²) in [4.78, 5) is 31.8. The molecule has 0 aliphatic heterocycles. The Bertz CT molecular complexity index is 903. The highest BCUT2D eigenvalue weighted by molar-refractivity contribution is 5.92. The predicted molar refractivity (Wildman–Crippen MR) is 98.0 cm³/mol. The number of benzene rings is 1. The average molecular weight is 349 g/mol. The molecule has 0 fully saturated rings. The lowest BCUT2D eigenvalue weighted by Gasteiger charge is -2.13. The van der Waals surface area contributed by atoms with E-state index < -0.39 is 0 Å². The lowest BCUT2D eigenvalue weighted by atomic mass is 10.1. The molecule has 26 heavy (non-hydrogen) atoms. The monoisotopic (exact) mass is 349 g/mol. The van der Waals surface area contributed by atoms with E-state index >= 15 is 0 Å². The van der Waals surface area contributed by atoms with Crippen LogP contribution in [0.5, 0.6) is 0 Å². The molecule has 2 aromatic heterocycles. The van der Waals surface area contributed by atoms with Crippen LogP contribution in [0.3, 0.4) is 0 Å². The smallest absolute Gasteiger partial charge is 0.271 e. The Kier molecular flexibility index (Phi) is 5.07. The molecule has 3 aromatic rings. The number of nitrogens with one attached hydrogen (secondary N) is 2. The molecule has 0 saturated carbocycles. The number of imidazole rings is 1. The lowest BCUT2D eigenvalue weighted by Crippen LogP contribution is -2.26. The first-order chi connectivity index (χ1) is 12.5. The standard InChI is InChI=1S/C19H19N5O2/c1-13(15-6-4-3-5-7-15)22-19(26)17-11-24(12-21-17)18-9-8-16(10-20-18)23-14(2)25/h3-13H,1-2H3,(H,22,26)(H,23,25)/t13-/m0/s1. The molecule has 7 heteroatoms. The first-order valence-electron chi connectivity index (χ1n) is 8.17. The fourth-order valence-corrected chi connectivity index (χ4v) is 2.48. The lowest BCUT2D eigenvalue weighted by molar-refractivity contribution is -0.114. The number of aromatic nitrogens is 3. The summed E-state index contributed by atoms with van der Waals surface area (Å²) in [7, 11) is 0. The van der Waals surface area contributed by atoms with E-state index in [9.17, 15) is 9.59 Å². The van der Waals surface area contributed by atoms with Crippen molar-refractivity contribution < 1.29 is 9.59 Å². The molecule has 0 radical (unpaired) electrons. The molecule has 0 spiro atoms. The normalized spacial score (nSPS) is 11.6. The van der Waals surface area contributed by atoms with Crippen LogP contribution in [0.15, 0.2) is 61.2 Å². The van der Waals surface area contributed by atoms with E-state index in [0.29, 0.717) is 17.2 Å². The van der Waals surface area contributed by atoms with Crippen LogP contribution in [0.1, 0.15) is 35.9 Å². The number of hydrogen-bond acceptors (Lipinski definition) is 4. The Morgan fingerprint density at radius 3 is 2.50 bits per heavy atom. The van der Waals surface area contributed by atoms with Crippen LogP contribution in [-0.4, -0.2) is 26.3 Å². The molecular weight excluding hydrogens is 330 g/mol. The van der Waals surface area contributed by atoms with E-state index in [-0.39, 0.29) is 17.9 Å². The molecule has 2 N–H and O–H groups in total. The van der Waals surface area contributed by atoms with Gasteiger partial charge in [0.2, 0.25) is 5.91 Å². The van der Waals surface area contributed by atoms with Gasteiger partial charge in [0, 0.05) is 13.1 Å². The molecule has 0 aliphatic rings. The number of carbonyl (C=O) groups is 2. The van der Waals surface area contributed by atoms with Crippen molar-refractivity contribution in [1.29, 1.82) is 0 Å².